The number of benzene rings is 1. The molecule has 2 rings (SSSR count). The summed E-state index contributed by atoms with van der Waals surface area (Å²) in [5.74, 6) is 0. The molecule has 2 N–H and O–H groups in total. The maximum absolute atomic E-state index is 10.7. The highest BCUT2D eigenvalue weighted by Crippen LogP contribution is 2.24. The van der Waals surface area contributed by atoms with Crippen molar-refractivity contribution < 1.29 is 14.8 Å². The highest BCUT2D eigenvalue weighted by atomic mass is 16.6. The number of ether oxygens (including phenoxy) is 1. The van der Waals surface area contributed by atoms with Crippen LogP contribution in [0.25, 0.3) is 0 Å². The van der Waals surface area contributed by atoms with Gasteiger partial charge in [-0.3, -0.25) is 10.1 Å². The first-order valence-corrected chi connectivity index (χ1v) is 6.27. The van der Waals surface area contributed by atoms with E-state index in [0.29, 0.717) is 38.3 Å². The van der Waals surface area contributed by atoms with Crippen LogP contribution >= 0.6 is 0 Å². The number of nitrogens with zero attached hydrogens (tertiary/aromatic N) is 2. The van der Waals surface area contributed by atoms with Crippen molar-refractivity contribution in [2.24, 2.45) is 0 Å². The summed E-state index contributed by atoms with van der Waals surface area (Å²) in [6, 6.07) is 6.03. The molecule has 1 heterocycles. The van der Waals surface area contributed by atoms with E-state index in [1.54, 1.807) is 6.07 Å². The lowest BCUT2D eigenvalue weighted by Gasteiger charge is -2.32. The summed E-state index contributed by atoms with van der Waals surface area (Å²) in [6.45, 7) is 1.35. The molecule has 1 fully saturated rings. The number of nitrogens with one attached hydrogen (secondary N) is 1. The number of nitriles is 1. The second kappa shape index (κ2) is 5.86. The zero-order chi connectivity index (χ0) is 14.6. The molecule has 0 spiro atoms. The smallest absolute Gasteiger partial charge is 0.287 e. The van der Waals surface area contributed by atoms with Gasteiger partial charge in [0.2, 0.25) is 0 Å². The van der Waals surface area contributed by atoms with Crippen LogP contribution < -0.4 is 5.32 Å². The molecule has 106 valence electrons. The molecule has 20 heavy (non-hydrogen) atoms. The van der Waals surface area contributed by atoms with Crippen molar-refractivity contribution >= 4 is 11.4 Å². The third kappa shape index (κ3) is 3.23. The Kier molecular flexibility index (Phi) is 4.17. The zero-order valence-corrected chi connectivity index (χ0v) is 10.8. The summed E-state index contributed by atoms with van der Waals surface area (Å²) in [4.78, 5) is 10.1. The molecule has 7 heteroatoms. The second-order valence-corrected chi connectivity index (χ2v) is 4.79. The summed E-state index contributed by atoms with van der Waals surface area (Å²) in [5, 5.41) is 32.9. The zero-order valence-electron chi connectivity index (χ0n) is 10.8. The van der Waals surface area contributed by atoms with Crippen molar-refractivity contribution in [1.29, 1.82) is 5.26 Å². The standard InChI is InChI=1S/C13H15N3O4/c14-8-10-7-11(1-2-12(10)16(18)19)15-9-13(17)3-5-20-6-4-13/h1-2,7,15,17H,3-6,9H2. The first kappa shape index (κ1) is 14.2. The van der Waals surface area contributed by atoms with Crippen LogP contribution in [-0.4, -0.2) is 35.4 Å². The van der Waals surface area contributed by atoms with E-state index in [9.17, 15) is 15.2 Å². The van der Waals surface area contributed by atoms with Crippen molar-refractivity contribution in [2.45, 2.75) is 18.4 Å². The van der Waals surface area contributed by atoms with E-state index in [2.05, 4.69) is 5.32 Å². The van der Waals surface area contributed by atoms with Gasteiger partial charge in [-0.25, -0.2) is 0 Å². The van der Waals surface area contributed by atoms with Gasteiger partial charge in [0.1, 0.15) is 11.6 Å². The number of aliphatic hydroxyl groups is 1. The molecule has 1 aromatic rings. The van der Waals surface area contributed by atoms with E-state index in [4.69, 9.17) is 10.00 Å². The van der Waals surface area contributed by atoms with Crippen LogP contribution in [0.3, 0.4) is 0 Å². The summed E-state index contributed by atoms with van der Waals surface area (Å²) >= 11 is 0. The van der Waals surface area contributed by atoms with Gasteiger partial charge in [-0.15, -0.1) is 0 Å². The average Bonchev–Trinajstić information content (AvgIpc) is 2.45. The lowest BCUT2D eigenvalue weighted by molar-refractivity contribution is -0.385. The molecule has 7 nitrogen and oxygen atoms in total. The predicted molar refractivity (Wildman–Crippen MR) is 71.3 cm³/mol. The Morgan fingerprint density at radius 3 is 2.80 bits per heavy atom. The van der Waals surface area contributed by atoms with E-state index in [1.165, 1.54) is 18.2 Å². The Morgan fingerprint density at radius 2 is 2.20 bits per heavy atom. The first-order chi connectivity index (χ1) is 9.54. The minimum Gasteiger partial charge on any atom is -0.388 e. The van der Waals surface area contributed by atoms with Crippen LogP contribution in [0.2, 0.25) is 0 Å². The first-order valence-electron chi connectivity index (χ1n) is 6.27. The molecule has 1 aromatic carbocycles. The van der Waals surface area contributed by atoms with Crippen LogP contribution in [-0.2, 0) is 4.74 Å². The van der Waals surface area contributed by atoms with Gasteiger partial charge in [-0.2, -0.15) is 5.26 Å². The number of anilines is 1. The monoisotopic (exact) mass is 277 g/mol. The maximum Gasteiger partial charge on any atom is 0.287 e. The lowest BCUT2D eigenvalue weighted by Crippen LogP contribution is -2.42. The highest BCUT2D eigenvalue weighted by Gasteiger charge is 2.29. The Balaban J connectivity index is 2.07. The molecule has 0 aromatic heterocycles. The molecule has 0 unspecified atom stereocenters. The molecule has 0 bridgehead atoms. The molecule has 0 saturated carbocycles. The summed E-state index contributed by atoms with van der Waals surface area (Å²) in [5.41, 5.74) is -0.485. The van der Waals surface area contributed by atoms with Crippen LogP contribution in [0.5, 0.6) is 0 Å². The Hall–Kier alpha value is -2.17. The Morgan fingerprint density at radius 1 is 1.50 bits per heavy atom. The number of hydrogen-bond acceptors (Lipinski definition) is 6. The van der Waals surface area contributed by atoms with E-state index in [1.807, 2.05) is 0 Å². The number of nitro benzene ring substituents is 1. The van der Waals surface area contributed by atoms with Gasteiger partial charge >= 0.3 is 0 Å². The van der Waals surface area contributed by atoms with Crippen molar-refractivity contribution in [1.82, 2.24) is 0 Å². The van der Waals surface area contributed by atoms with Gasteiger partial charge < -0.3 is 15.2 Å². The minimum absolute atomic E-state index is 0.000956. The van der Waals surface area contributed by atoms with E-state index in [0.717, 1.165) is 0 Å². The number of rotatable bonds is 4. The highest BCUT2D eigenvalue weighted by molar-refractivity contribution is 5.58. The van der Waals surface area contributed by atoms with Gasteiger partial charge in [-0.05, 0) is 12.1 Å². The SMILES string of the molecule is N#Cc1cc(NCC2(O)CCOCC2)ccc1[N+](=O)[O-]. The fraction of sp³-hybridized carbons (Fsp3) is 0.462. The fourth-order valence-corrected chi connectivity index (χ4v) is 2.09. The van der Waals surface area contributed by atoms with Crippen LogP contribution in [0.15, 0.2) is 18.2 Å². The van der Waals surface area contributed by atoms with Gasteiger partial charge in [0.15, 0.2) is 0 Å². The minimum atomic E-state index is -0.840. The lowest BCUT2D eigenvalue weighted by atomic mass is 9.94. The number of hydrogen-bond donors (Lipinski definition) is 2. The van der Waals surface area contributed by atoms with Crippen LogP contribution in [0.4, 0.5) is 11.4 Å². The summed E-state index contributed by atoms with van der Waals surface area (Å²) in [6.07, 6.45) is 1.08. The summed E-state index contributed by atoms with van der Waals surface area (Å²) < 4.78 is 5.19. The fourth-order valence-electron chi connectivity index (χ4n) is 2.09. The van der Waals surface area contributed by atoms with E-state index >= 15 is 0 Å². The van der Waals surface area contributed by atoms with Crippen LogP contribution in [0, 0.1) is 21.4 Å². The topological polar surface area (TPSA) is 108 Å². The third-order valence-corrected chi connectivity index (χ3v) is 3.36. The molecule has 1 aliphatic heterocycles. The van der Waals surface area contributed by atoms with Crippen molar-refractivity contribution in [3.05, 3.63) is 33.9 Å². The third-order valence-electron chi connectivity index (χ3n) is 3.36. The second-order valence-electron chi connectivity index (χ2n) is 4.79. The van der Waals surface area contributed by atoms with Gasteiger partial charge in [0.25, 0.3) is 5.69 Å². The van der Waals surface area contributed by atoms with Crippen molar-refractivity contribution in [3.8, 4) is 6.07 Å². The van der Waals surface area contributed by atoms with E-state index < -0.39 is 10.5 Å². The Labute approximate surface area is 115 Å². The molecule has 0 atom stereocenters. The summed E-state index contributed by atoms with van der Waals surface area (Å²) in [7, 11) is 0. The Bertz CT molecular complexity index is 547. The predicted octanol–water partition coefficient (Wildman–Crippen LogP) is 1.42. The van der Waals surface area contributed by atoms with Gasteiger partial charge in [0, 0.05) is 44.4 Å². The van der Waals surface area contributed by atoms with Crippen LogP contribution in [0.1, 0.15) is 18.4 Å². The molecular formula is C13H15N3O4. The average molecular weight is 277 g/mol. The van der Waals surface area contributed by atoms with Crippen molar-refractivity contribution in [2.75, 3.05) is 25.1 Å². The molecule has 0 radical (unpaired) electrons. The van der Waals surface area contributed by atoms with Gasteiger partial charge in [-0.1, -0.05) is 0 Å². The number of nitro groups is 1. The largest absolute Gasteiger partial charge is 0.388 e. The molecule has 1 saturated heterocycles. The molecule has 0 aliphatic carbocycles. The van der Waals surface area contributed by atoms with E-state index in [-0.39, 0.29) is 11.3 Å². The molecule has 1 aliphatic rings. The normalized spacial score (nSPS) is 17.2. The van der Waals surface area contributed by atoms with Crippen molar-refractivity contribution in [3.63, 3.8) is 0 Å². The molecular weight excluding hydrogens is 262 g/mol. The molecule has 0 amide bonds. The maximum atomic E-state index is 10.7. The quantitative estimate of drug-likeness (QED) is 0.636. The van der Waals surface area contributed by atoms with Gasteiger partial charge in [0.05, 0.1) is 10.5 Å².